The molecular formula is C10H16N2. The second-order valence-corrected chi connectivity index (χ2v) is 4.10. The first kappa shape index (κ1) is 7.71. The van der Waals surface area contributed by atoms with Crippen molar-refractivity contribution in [3.8, 4) is 0 Å². The van der Waals surface area contributed by atoms with Crippen molar-refractivity contribution in [3.05, 3.63) is 24.5 Å². The molecule has 1 unspecified atom stereocenters. The molecule has 1 fully saturated rings. The van der Waals surface area contributed by atoms with Gasteiger partial charge in [-0.15, -0.1) is 0 Å². The zero-order valence-corrected chi connectivity index (χ0v) is 7.75. The molecular weight excluding hydrogens is 148 g/mol. The lowest BCUT2D eigenvalue weighted by Gasteiger charge is -2.21. The molecule has 1 saturated carbocycles. The van der Waals surface area contributed by atoms with Crippen molar-refractivity contribution in [2.24, 2.45) is 5.41 Å². The molecule has 1 atom stereocenters. The van der Waals surface area contributed by atoms with Gasteiger partial charge in [0.05, 0.1) is 0 Å². The Kier molecular flexibility index (Phi) is 1.63. The summed E-state index contributed by atoms with van der Waals surface area (Å²) in [5.74, 6) is 0. The molecule has 0 amide bonds. The summed E-state index contributed by atoms with van der Waals surface area (Å²) in [7, 11) is 0. The molecule has 0 aromatic carbocycles. The van der Waals surface area contributed by atoms with Crippen LogP contribution in [0.4, 0.5) is 0 Å². The highest BCUT2D eigenvalue weighted by Crippen LogP contribution is 2.48. The molecule has 0 spiro atoms. The van der Waals surface area contributed by atoms with Crippen molar-refractivity contribution in [3.63, 3.8) is 0 Å². The molecule has 1 aliphatic carbocycles. The molecule has 0 radical (unpaired) electrons. The van der Waals surface area contributed by atoms with E-state index in [1.165, 1.54) is 12.8 Å². The third kappa shape index (κ3) is 1.33. The van der Waals surface area contributed by atoms with Crippen LogP contribution in [0.2, 0.25) is 0 Å². The molecule has 1 aliphatic rings. The lowest BCUT2D eigenvalue weighted by atomic mass is 10.0. The summed E-state index contributed by atoms with van der Waals surface area (Å²) in [6, 6.07) is 4.65. The summed E-state index contributed by atoms with van der Waals surface area (Å²) in [6.07, 6.45) is 6.81. The Bertz CT molecular complexity index is 247. The topological polar surface area (TPSA) is 17.0 Å². The van der Waals surface area contributed by atoms with Crippen molar-refractivity contribution in [2.45, 2.75) is 32.7 Å². The number of nitrogens with one attached hydrogen (secondary N) is 1. The molecule has 1 aromatic heterocycles. The van der Waals surface area contributed by atoms with Gasteiger partial charge >= 0.3 is 0 Å². The smallest absolute Gasteiger partial charge is 0.0449 e. The van der Waals surface area contributed by atoms with Gasteiger partial charge < -0.3 is 5.43 Å². The Balaban J connectivity index is 1.95. The van der Waals surface area contributed by atoms with Crippen LogP contribution in [0.25, 0.3) is 0 Å². The van der Waals surface area contributed by atoms with Crippen LogP contribution in [0.15, 0.2) is 24.5 Å². The highest BCUT2D eigenvalue weighted by Gasteiger charge is 2.42. The molecule has 2 nitrogen and oxygen atoms in total. The number of nitrogens with zero attached hydrogens (tertiary/aromatic N) is 1. The van der Waals surface area contributed by atoms with Crippen LogP contribution in [0.1, 0.15) is 26.7 Å². The normalized spacial score (nSPS) is 21.8. The highest BCUT2D eigenvalue weighted by atomic mass is 15.4. The predicted octanol–water partition coefficient (Wildman–Crippen LogP) is 2.22. The molecule has 0 saturated heterocycles. The van der Waals surface area contributed by atoms with E-state index in [9.17, 15) is 0 Å². The van der Waals surface area contributed by atoms with Crippen molar-refractivity contribution >= 4 is 0 Å². The van der Waals surface area contributed by atoms with Crippen LogP contribution >= 0.6 is 0 Å². The van der Waals surface area contributed by atoms with Crippen LogP contribution in [0.5, 0.6) is 0 Å². The molecule has 0 bridgehead atoms. The lowest BCUT2D eigenvalue weighted by molar-refractivity contribution is 0.460. The summed E-state index contributed by atoms with van der Waals surface area (Å²) in [5, 5.41) is 0. The minimum absolute atomic E-state index is 0.546. The van der Waals surface area contributed by atoms with Crippen LogP contribution in [0.3, 0.4) is 0 Å². The SMILES string of the molecule is CC(Nn1cccc1)C1(C)CC1. The summed E-state index contributed by atoms with van der Waals surface area (Å²) < 4.78 is 2.04. The first-order valence-electron chi connectivity index (χ1n) is 4.60. The zero-order chi connectivity index (χ0) is 8.60. The standard InChI is InChI=1S/C10H16N2/c1-9(10(2)5-6-10)11-12-7-3-4-8-12/h3-4,7-9,11H,5-6H2,1-2H3. The molecule has 2 rings (SSSR count). The fourth-order valence-corrected chi connectivity index (χ4v) is 1.43. The highest BCUT2D eigenvalue weighted by molar-refractivity contribution is 5.04. The molecule has 66 valence electrons. The Morgan fingerprint density at radius 3 is 2.42 bits per heavy atom. The minimum Gasteiger partial charge on any atom is -0.323 e. The average molecular weight is 164 g/mol. The van der Waals surface area contributed by atoms with Gasteiger partial charge in [-0.2, -0.15) is 0 Å². The lowest BCUT2D eigenvalue weighted by Crippen LogP contribution is -2.31. The van der Waals surface area contributed by atoms with E-state index in [1.807, 2.05) is 29.2 Å². The quantitative estimate of drug-likeness (QED) is 0.724. The van der Waals surface area contributed by atoms with E-state index in [1.54, 1.807) is 0 Å². The van der Waals surface area contributed by atoms with Gasteiger partial charge in [0.2, 0.25) is 0 Å². The zero-order valence-electron chi connectivity index (χ0n) is 7.75. The van der Waals surface area contributed by atoms with Gasteiger partial charge in [-0.25, -0.2) is 0 Å². The van der Waals surface area contributed by atoms with Gasteiger partial charge in [-0.1, -0.05) is 6.92 Å². The Labute approximate surface area is 73.6 Å². The van der Waals surface area contributed by atoms with Crippen molar-refractivity contribution < 1.29 is 0 Å². The minimum atomic E-state index is 0.546. The van der Waals surface area contributed by atoms with Crippen LogP contribution in [-0.4, -0.2) is 10.7 Å². The predicted molar refractivity (Wildman–Crippen MR) is 50.6 cm³/mol. The van der Waals surface area contributed by atoms with Crippen molar-refractivity contribution in [1.29, 1.82) is 0 Å². The van der Waals surface area contributed by atoms with E-state index >= 15 is 0 Å². The fraction of sp³-hybridized carbons (Fsp3) is 0.600. The van der Waals surface area contributed by atoms with E-state index in [2.05, 4.69) is 19.3 Å². The number of aromatic nitrogens is 1. The summed E-state index contributed by atoms with van der Waals surface area (Å²) >= 11 is 0. The van der Waals surface area contributed by atoms with Gasteiger partial charge in [-0.3, -0.25) is 4.68 Å². The summed E-state index contributed by atoms with van der Waals surface area (Å²) in [6.45, 7) is 4.60. The van der Waals surface area contributed by atoms with Crippen LogP contribution in [-0.2, 0) is 0 Å². The molecule has 1 N–H and O–H groups in total. The van der Waals surface area contributed by atoms with Crippen molar-refractivity contribution in [1.82, 2.24) is 4.68 Å². The Morgan fingerprint density at radius 1 is 1.33 bits per heavy atom. The van der Waals surface area contributed by atoms with E-state index in [0.717, 1.165) is 0 Å². The van der Waals surface area contributed by atoms with Crippen LogP contribution < -0.4 is 5.43 Å². The first-order valence-corrected chi connectivity index (χ1v) is 4.60. The van der Waals surface area contributed by atoms with Gasteiger partial charge in [-0.05, 0) is 37.3 Å². The molecule has 2 heteroatoms. The van der Waals surface area contributed by atoms with E-state index in [-0.39, 0.29) is 0 Å². The second-order valence-electron chi connectivity index (χ2n) is 4.10. The number of rotatable bonds is 3. The summed E-state index contributed by atoms with van der Waals surface area (Å²) in [4.78, 5) is 0. The molecule has 1 heterocycles. The van der Waals surface area contributed by atoms with Crippen LogP contribution in [0, 0.1) is 5.41 Å². The van der Waals surface area contributed by atoms with Gasteiger partial charge in [0.15, 0.2) is 0 Å². The maximum absolute atomic E-state index is 3.44. The Morgan fingerprint density at radius 2 is 1.92 bits per heavy atom. The largest absolute Gasteiger partial charge is 0.323 e. The van der Waals surface area contributed by atoms with Gasteiger partial charge in [0.25, 0.3) is 0 Å². The average Bonchev–Trinajstić information content (AvgIpc) is 2.63. The van der Waals surface area contributed by atoms with E-state index in [4.69, 9.17) is 0 Å². The number of hydrogen-bond donors (Lipinski definition) is 1. The first-order chi connectivity index (χ1) is 5.71. The van der Waals surface area contributed by atoms with E-state index in [0.29, 0.717) is 11.5 Å². The third-order valence-electron chi connectivity index (χ3n) is 3.03. The Hall–Kier alpha value is -0.920. The van der Waals surface area contributed by atoms with Gasteiger partial charge in [0, 0.05) is 18.4 Å². The fourth-order valence-electron chi connectivity index (χ4n) is 1.43. The van der Waals surface area contributed by atoms with E-state index < -0.39 is 0 Å². The van der Waals surface area contributed by atoms with Gasteiger partial charge in [0.1, 0.15) is 0 Å². The third-order valence-corrected chi connectivity index (χ3v) is 3.03. The summed E-state index contributed by atoms with van der Waals surface area (Å²) in [5.41, 5.74) is 3.99. The van der Waals surface area contributed by atoms with Crippen molar-refractivity contribution in [2.75, 3.05) is 5.43 Å². The maximum atomic E-state index is 3.44. The second kappa shape index (κ2) is 2.54. The molecule has 1 aromatic rings. The number of hydrogen-bond acceptors (Lipinski definition) is 1. The molecule has 0 aliphatic heterocycles. The maximum Gasteiger partial charge on any atom is 0.0449 e. The monoisotopic (exact) mass is 164 g/mol. The molecule has 12 heavy (non-hydrogen) atoms.